The molecule has 0 radical (unpaired) electrons. The van der Waals surface area contributed by atoms with Crippen molar-refractivity contribution in [1.82, 2.24) is 5.32 Å². The van der Waals surface area contributed by atoms with Gasteiger partial charge in [0, 0.05) is 25.4 Å². The molecular weight excluding hydrogens is 220 g/mol. The van der Waals surface area contributed by atoms with Crippen molar-refractivity contribution in [3.05, 3.63) is 35.9 Å². The lowest BCUT2D eigenvalue weighted by Crippen LogP contribution is -2.48. The third kappa shape index (κ3) is 3.43. The quantitative estimate of drug-likeness (QED) is 0.847. The minimum Gasteiger partial charge on any atom is -0.309 e. The first-order valence-corrected chi connectivity index (χ1v) is 4.81. The molecule has 1 aliphatic rings. The van der Waals surface area contributed by atoms with Crippen LogP contribution in [-0.2, 0) is 6.54 Å². The van der Waals surface area contributed by atoms with Crippen molar-refractivity contribution in [2.24, 2.45) is 0 Å². The monoisotopic (exact) mass is 233 g/mol. The Morgan fingerprint density at radius 1 is 1.20 bits per heavy atom. The minimum atomic E-state index is -2.42. The molecule has 4 heteroatoms. The lowest BCUT2D eigenvalue weighted by molar-refractivity contribution is -0.0930. The van der Waals surface area contributed by atoms with Crippen LogP contribution in [0.2, 0.25) is 0 Å². The summed E-state index contributed by atoms with van der Waals surface area (Å²) in [5, 5.41) is 3.11. The zero-order valence-electron chi connectivity index (χ0n) is 8.25. The highest BCUT2D eigenvalue weighted by Crippen LogP contribution is 2.37. The van der Waals surface area contributed by atoms with Crippen LogP contribution in [0.3, 0.4) is 0 Å². The second-order valence-corrected chi connectivity index (χ2v) is 3.83. The molecular formula is C11H14ClF2N. The van der Waals surface area contributed by atoms with E-state index in [9.17, 15) is 8.78 Å². The van der Waals surface area contributed by atoms with Gasteiger partial charge in [0.1, 0.15) is 0 Å². The van der Waals surface area contributed by atoms with Crippen LogP contribution in [0.15, 0.2) is 30.3 Å². The van der Waals surface area contributed by atoms with Gasteiger partial charge in [-0.1, -0.05) is 30.3 Å². The molecule has 84 valence electrons. The number of rotatable bonds is 3. The summed E-state index contributed by atoms with van der Waals surface area (Å²) in [7, 11) is 0. The molecule has 1 nitrogen and oxygen atoms in total. The van der Waals surface area contributed by atoms with Crippen LogP contribution in [0.5, 0.6) is 0 Å². The molecule has 2 rings (SSSR count). The van der Waals surface area contributed by atoms with Crippen LogP contribution in [0.25, 0.3) is 0 Å². The molecule has 0 spiro atoms. The Morgan fingerprint density at radius 2 is 1.80 bits per heavy atom. The zero-order chi connectivity index (χ0) is 10.0. The van der Waals surface area contributed by atoms with E-state index in [2.05, 4.69) is 5.32 Å². The third-order valence-corrected chi connectivity index (χ3v) is 2.53. The van der Waals surface area contributed by atoms with E-state index in [4.69, 9.17) is 0 Å². The smallest absolute Gasteiger partial charge is 0.251 e. The van der Waals surface area contributed by atoms with Gasteiger partial charge >= 0.3 is 0 Å². The van der Waals surface area contributed by atoms with E-state index in [1.807, 2.05) is 30.3 Å². The summed E-state index contributed by atoms with van der Waals surface area (Å²) in [5.41, 5.74) is 1.14. The molecule has 1 aliphatic carbocycles. The number of alkyl halides is 2. The van der Waals surface area contributed by atoms with Gasteiger partial charge in [-0.2, -0.15) is 0 Å². The first-order valence-electron chi connectivity index (χ1n) is 4.81. The predicted octanol–water partition coefficient (Wildman–Crippen LogP) is 3.00. The molecule has 0 aliphatic heterocycles. The summed E-state index contributed by atoms with van der Waals surface area (Å²) in [6.45, 7) is 0.682. The Balaban J connectivity index is 0.00000112. The van der Waals surface area contributed by atoms with Crippen LogP contribution in [0.4, 0.5) is 8.78 Å². The van der Waals surface area contributed by atoms with Gasteiger partial charge in [0.05, 0.1) is 0 Å². The molecule has 1 N–H and O–H groups in total. The predicted molar refractivity (Wildman–Crippen MR) is 58.5 cm³/mol. The molecule has 0 bridgehead atoms. The van der Waals surface area contributed by atoms with Gasteiger partial charge in [-0.05, 0) is 5.56 Å². The number of halogens is 3. The topological polar surface area (TPSA) is 12.0 Å². The van der Waals surface area contributed by atoms with Crippen molar-refractivity contribution in [1.29, 1.82) is 0 Å². The van der Waals surface area contributed by atoms with Gasteiger partial charge in [0.2, 0.25) is 0 Å². The minimum absolute atomic E-state index is 0. The summed E-state index contributed by atoms with van der Waals surface area (Å²) >= 11 is 0. The van der Waals surface area contributed by atoms with Gasteiger partial charge < -0.3 is 5.32 Å². The second-order valence-electron chi connectivity index (χ2n) is 3.83. The Kier molecular flexibility index (Phi) is 4.05. The normalized spacial score (nSPS) is 19.1. The van der Waals surface area contributed by atoms with Crippen LogP contribution in [-0.4, -0.2) is 12.0 Å². The number of nitrogens with one attached hydrogen (secondary N) is 1. The highest BCUT2D eigenvalue weighted by Gasteiger charge is 2.44. The summed E-state index contributed by atoms with van der Waals surface area (Å²) in [5.74, 6) is -2.42. The number of hydrogen-bond acceptors (Lipinski definition) is 1. The average molecular weight is 234 g/mol. The molecule has 0 heterocycles. The molecule has 15 heavy (non-hydrogen) atoms. The zero-order valence-corrected chi connectivity index (χ0v) is 9.07. The van der Waals surface area contributed by atoms with Crippen molar-refractivity contribution >= 4 is 12.4 Å². The highest BCUT2D eigenvalue weighted by molar-refractivity contribution is 5.85. The lowest BCUT2D eigenvalue weighted by atomic mass is 9.88. The van der Waals surface area contributed by atoms with Crippen LogP contribution in [0, 0.1) is 0 Å². The molecule has 1 aromatic rings. The summed E-state index contributed by atoms with van der Waals surface area (Å²) in [6.07, 6.45) is -0.0281. The van der Waals surface area contributed by atoms with E-state index in [1.165, 1.54) is 0 Å². The van der Waals surface area contributed by atoms with E-state index in [0.717, 1.165) is 5.56 Å². The van der Waals surface area contributed by atoms with Crippen LogP contribution >= 0.6 is 12.4 Å². The van der Waals surface area contributed by atoms with E-state index < -0.39 is 5.92 Å². The Bertz CT molecular complexity index is 295. The third-order valence-electron chi connectivity index (χ3n) is 2.53. The Morgan fingerprint density at radius 3 is 2.33 bits per heavy atom. The fourth-order valence-corrected chi connectivity index (χ4v) is 1.66. The van der Waals surface area contributed by atoms with E-state index in [-0.39, 0.29) is 31.3 Å². The summed E-state index contributed by atoms with van der Waals surface area (Å²) in [4.78, 5) is 0. The summed E-state index contributed by atoms with van der Waals surface area (Å²) < 4.78 is 24.9. The first kappa shape index (κ1) is 12.4. The standard InChI is InChI=1S/C11H13F2N.ClH/c12-11(13)6-10(7-11)14-8-9-4-2-1-3-5-9;/h1-5,10,14H,6-8H2;1H. The van der Waals surface area contributed by atoms with Crippen molar-refractivity contribution in [2.75, 3.05) is 0 Å². The molecule has 0 aromatic heterocycles. The molecule has 0 saturated heterocycles. The molecule has 0 unspecified atom stereocenters. The van der Waals surface area contributed by atoms with E-state index in [1.54, 1.807) is 0 Å². The van der Waals surface area contributed by atoms with Crippen molar-refractivity contribution in [2.45, 2.75) is 31.4 Å². The second kappa shape index (κ2) is 4.90. The highest BCUT2D eigenvalue weighted by atomic mass is 35.5. The van der Waals surface area contributed by atoms with Crippen molar-refractivity contribution < 1.29 is 8.78 Å². The maximum atomic E-state index is 12.5. The fourth-order valence-electron chi connectivity index (χ4n) is 1.66. The molecule has 1 fully saturated rings. The average Bonchev–Trinajstić information content (AvgIpc) is 2.13. The maximum Gasteiger partial charge on any atom is 0.251 e. The number of hydrogen-bond donors (Lipinski definition) is 1. The van der Waals surface area contributed by atoms with E-state index in [0.29, 0.717) is 6.54 Å². The van der Waals surface area contributed by atoms with Crippen LogP contribution < -0.4 is 5.32 Å². The van der Waals surface area contributed by atoms with Gasteiger partial charge in [0.15, 0.2) is 0 Å². The van der Waals surface area contributed by atoms with Gasteiger partial charge in [-0.3, -0.25) is 0 Å². The fraction of sp³-hybridized carbons (Fsp3) is 0.455. The van der Waals surface area contributed by atoms with Gasteiger partial charge in [-0.25, -0.2) is 8.78 Å². The van der Waals surface area contributed by atoms with Crippen molar-refractivity contribution in [3.63, 3.8) is 0 Å². The van der Waals surface area contributed by atoms with Crippen LogP contribution in [0.1, 0.15) is 18.4 Å². The largest absolute Gasteiger partial charge is 0.309 e. The Hall–Kier alpha value is -0.670. The maximum absolute atomic E-state index is 12.5. The molecule has 1 saturated carbocycles. The molecule has 1 aromatic carbocycles. The van der Waals surface area contributed by atoms with Crippen molar-refractivity contribution in [3.8, 4) is 0 Å². The van der Waals surface area contributed by atoms with Gasteiger partial charge in [0.25, 0.3) is 5.92 Å². The van der Waals surface area contributed by atoms with Gasteiger partial charge in [-0.15, -0.1) is 12.4 Å². The Labute approximate surface area is 94.3 Å². The van der Waals surface area contributed by atoms with E-state index >= 15 is 0 Å². The first-order chi connectivity index (χ1) is 6.66. The molecule has 0 atom stereocenters. The summed E-state index contributed by atoms with van der Waals surface area (Å²) in [6, 6.07) is 9.82. The molecule has 0 amide bonds. The number of benzene rings is 1. The SMILES string of the molecule is Cl.FC1(F)CC(NCc2ccccc2)C1. The lowest BCUT2D eigenvalue weighted by Gasteiger charge is -2.35.